The van der Waals surface area contributed by atoms with Crippen LogP contribution in [0.1, 0.15) is 49.0 Å². The van der Waals surface area contributed by atoms with E-state index in [1.165, 1.54) is 5.01 Å². The summed E-state index contributed by atoms with van der Waals surface area (Å²) in [5, 5.41) is 75.8. The van der Waals surface area contributed by atoms with Gasteiger partial charge in [0.05, 0.1) is 18.7 Å². The van der Waals surface area contributed by atoms with Crippen LogP contribution in [-0.2, 0) is 19.2 Å². The molecule has 0 spiro atoms. The minimum Gasteiger partial charge on any atom is -0.480 e. The number of likely N-dealkylation sites (N-methyl/N-ethyl adjacent to an activating group) is 6. The van der Waals surface area contributed by atoms with Crippen LogP contribution in [0.5, 0.6) is 0 Å². The minimum absolute atomic E-state index is 0. The molecule has 0 saturated carbocycles. The summed E-state index contributed by atoms with van der Waals surface area (Å²) in [6.07, 6.45) is -2.47. The van der Waals surface area contributed by atoms with E-state index in [0.717, 1.165) is 6.29 Å². The molecule has 49 heavy (non-hydrogen) atoms. The number of hydrogen-bond donors (Lipinski definition) is 12. The third-order valence-electron chi connectivity index (χ3n) is 6.14. The number of carboxylic acid groups (broad SMARTS) is 2. The van der Waals surface area contributed by atoms with Crippen LogP contribution in [0.3, 0.4) is 0 Å². The van der Waals surface area contributed by atoms with Crippen LogP contribution in [0, 0.1) is 11.3 Å². The Morgan fingerprint density at radius 3 is 1.31 bits per heavy atom. The Kier molecular flexibility index (Phi) is 49.5. The summed E-state index contributed by atoms with van der Waals surface area (Å²) in [6, 6.07) is 0.442. The monoisotopic (exact) mass is 718 g/mol. The lowest BCUT2D eigenvalue weighted by Gasteiger charge is -2.27. The third kappa shape index (κ3) is 41.2. The van der Waals surface area contributed by atoms with Gasteiger partial charge in [-0.15, -0.1) is 0 Å². The smallest absolute Gasteiger partial charge is 0.334 e. The number of aldehydes is 1. The Morgan fingerprint density at radius 2 is 1.20 bits per heavy atom. The summed E-state index contributed by atoms with van der Waals surface area (Å²) >= 11 is 0. The number of aliphatic hydroxyl groups is 4. The molecule has 0 aromatic carbocycles. The molecule has 19 nitrogen and oxygen atoms in total. The Balaban J connectivity index is -0.0000000876. The summed E-state index contributed by atoms with van der Waals surface area (Å²) < 4.78 is 0. The molecule has 0 saturated heterocycles. The SMILES string of the molecule is C.CC(N)C(O)C(=O)N(C)N(C)C.CNC(C)C(=O)O.CNC(C)C(O)C#N.CNC(C)C(O)C(=O)O.CNC(C)C=O.CNC(C)CO. The predicted molar refractivity (Wildman–Crippen MR) is 192 cm³/mol. The van der Waals surface area contributed by atoms with E-state index in [1.54, 1.807) is 95.0 Å². The second-order valence-corrected chi connectivity index (χ2v) is 10.5. The highest BCUT2D eigenvalue weighted by Gasteiger charge is 2.23. The highest BCUT2D eigenvalue weighted by molar-refractivity contribution is 5.80. The zero-order valence-electron chi connectivity index (χ0n) is 31.2. The van der Waals surface area contributed by atoms with Gasteiger partial charge in [0.25, 0.3) is 5.91 Å². The van der Waals surface area contributed by atoms with Crippen LogP contribution < -0.4 is 32.3 Å². The number of nitrogens with two attached hydrogens (primary N) is 1. The van der Waals surface area contributed by atoms with E-state index in [0.29, 0.717) is 0 Å². The number of rotatable bonds is 14. The van der Waals surface area contributed by atoms with E-state index in [-0.39, 0.29) is 32.2 Å². The summed E-state index contributed by atoms with van der Waals surface area (Å²) in [5.41, 5.74) is 5.36. The fourth-order valence-electron chi connectivity index (χ4n) is 1.54. The van der Waals surface area contributed by atoms with Gasteiger partial charge in [-0.3, -0.25) is 14.6 Å². The molecule has 9 unspecified atom stereocenters. The number of carboxylic acids is 2. The molecule has 0 heterocycles. The van der Waals surface area contributed by atoms with Crippen molar-refractivity contribution in [3.63, 3.8) is 0 Å². The van der Waals surface area contributed by atoms with E-state index >= 15 is 0 Å². The molecule has 0 aliphatic rings. The molecule has 13 N–H and O–H groups in total. The van der Waals surface area contributed by atoms with E-state index < -0.39 is 54.3 Å². The van der Waals surface area contributed by atoms with E-state index in [1.807, 2.05) is 14.0 Å². The number of aliphatic carboxylic acids is 2. The van der Waals surface area contributed by atoms with Crippen molar-refractivity contribution in [2.45, 2.75) is 104 Å². The molecule has 9 atom stereocenters. The van der Waals surface area contributed by atoms with Crippen molar-refractivity contribution in [3.05, 3.63) is 0 Å². The molecule has 0 aromatic rings. The molecule has 0 bridgehead atoms. The largest absolute Gasteiger partial charge is 0.480 e. The molecule has 0 radical (unpaired) electrons. The number of hydrazine groups is 1. The Labute approximate surface area is 294 Å². The van der Waals surface area contributed by atoms with Crippen LogP contribution in [0.4, 0.5) is 0 Å². The van der Waals surface area contributed by atoms with Gasteiger partial charge in [-0.05, 0) is 76.8 Å². The molecular weight excluding hydrogens is 646 g/mol. The molecule has 0 aliphatic carbocycles. The van der Waals surface area contributed by atoms with Crippen molar-refractivity contribution in [1.29, 1.82) is 5.26 Å². The van der Waals surface area contributed by atoms with Crippen molar-refractivity contribution < 1.29 is 49.8 Å². The number of amides is 1. The standard InChI is InChI=1S/C7H17N3O2.C5H10N2O.C5H11NO3.C4H9NO2.C4H11NO.C4H9NO.CH4/c1-5(8)6(11)7(12)10(4)9(2)3;1-4(7-2)5(8)3-6;1-3(6-2)4(7)5(8)9;1-3(5-2)4(6)7;2*1-4(3-6)5-2;/h5-6,11H,8H2,1-4H3;4-5,7-8H,1-2H3;3-4,6-7H,1-2H3,(H,8,9);3,5H,1-2H3,(H,6,7);4-6H,3H2,1-2H3;3-5H,1-2H3;1H4. The third-order valence-corrected chi connectivity index (χ3v) is 6.14. The lowest BCUT2D eigenvalue weighted by molar-refractivity contribution is -0.152. The van der Waals surface area contributed by atoms with Crippen LogP contribution >= 0.6 is 0 Å². The molecule has 296 valence electrons. The first kappa shape index (κ1) is 61.4. The summed E-state index contributed by atoms with van der Waals surface area (Å²) in [5.74, 6) is -2.41. The van der Waals surface area contributed by atoms with Crippen molar-refractivity contribution in [2.24, 2.45) is 5.73 Å². The minimum atomic E-state index is -1.31. The summed E-state index contributed by atoms with van der Waals surface area (Å²) in [4.78, 5) is 40.8. The Hall–Kier alpha value is -2.87. The normalized spacial score (nSPS) is 15.1. The topological polar surface area (TPSA) is 306 Å². The number of carbonyl (C=O) groups excluding carboxylic acids is 2. The van der Waals surface area contributed by atoms with Crippen LogP contribution in [0.2, 0.25) is 0 Å². The fraction of sp³-hybridized carbons (Fsp3) is 0.833. The molecule has 1 amide bonds. The number of nitrogens with zero attached hydrogens (tertiary/aromatic N) is 3. The summed E-state index contributed by atoms with van der Waals surface area (Å²) in [7, 11) is 13.5. The number of hydrogen-bond acceptors (Lipinski definition) is 16. The second kappa shape index (κ2) is 39.6. The predicted octanol–water partition coefficient (Wildman–Crippen LogP) is -3.16. The molecule has 19 heteroatoms. The van der Waals surface area contributed by atoms with Crippen molar-refractivity contribution >= 4 is 24.1 Å². The molecular formula is C30H71N9O10. The molecule has 0 aromatic heterocycles. The van der Waals surface area contributed by atoms with Crippen molar-refractivity contribution in [1.82, 2.24) is 36.6 Å². The maximum atomic E-state index is 11.3. The van der Waals surface area contributed by atoms with Gasteiger partial charge in [0.15, 0.2) is 12.2 Å². The zero-order chi connectivity index (χ0) is 39.7. The fourth-order valence-corrected chi connectivity index (χ4v) is 1.54. The lowest BCUT2D eigenvalue weighted by atomic mass is 10.2. The van der Waals surface area contributed by atoms with Crippen molar-refractivity contribution in [3.8, 4) is 6.07 Å². The first-order valence-electron chi connectivity index (χ1n) is 15.0. The van der Waals surface area contributed by atoms with Gasteiger partial charge in [-0.1, -0.05) is 7.43 Å². The average molecular weight is 718 g/mol. The molecule has 0 fully saturated rings. The maximum absolute atomic E-state index is 11.3. The van der Waals surface area contributed by atoms with Crippen LogP contribution in [0.25, 0.3) is 0 Å². The van der Waals surface area contributed by atoms with Crippen LogP contribution in [-0.4, -0.2) is 182 Å². The van der Waals surface area contributed by atoms with Gasteiger partial charge in [-0.25, -0.2) is 9.80 Å². The Bertz CT molecular complexity index is 817. The van der Waals surface area contributed by atoms with Gasteiger partial charge in [0.2, 0.25) is 0 Å². The summed E-state index contributed by atoms with van der Waals surface area (Å²) in [6.45, 7) is 10.4. The van der Waals surface area contributed by atoms with E-state index in [9.17, 15) is 24.3 Å². The lowest BCUT2D eigenvalue weighted by Crippen LogP contribution is -2.49. The Morgan fingerprint density at radius 1 is 0.776 bits per heavy atom. The van der Waals surface area contributed by atoms with Gasteiger partial charge in [0, 0.05) is 45.3 Å². The average Bonchev–Trinajstić information content (AvgIpc) is 3.08. The van der Waals surface area contributed by atoms with Gasteiger partial charge in [-0.2, -0.15) is 5.26 Å². The quantitative estimate of drug-likeness (QED) is 0.0479. The number of carbonyl (C=O) groups is 4. The number of aliphatic hydroxyl groups excluding tert-OH is 4. The maximum Gasteiger partial charge on any atom is 0.334 e. The number of nitrogens with one attached hydrogen (secondary N) is 5. The highest BCUT2D eigenvalue weighted by atomic mass is 16.4. The second-order valence-electron chi connectivity index (χ2n) is 10.5. The van der Waals surface area contributed by atoms with Gasteiger partial charge < -0.3 is 67.8 Å². The van der Waals surface area contributed by atoms with E-state index in [4.69, 9.17) is 36.5 Å². The molecule has 0 rings (SSSR count). The first-order valence-corrected chi connectivity index (χ1v) is 15.0. The highest BCUT2D eigenvalue weighted by Crippen LogP contribution is 1.97. The van der Waals surface area contributed by atoms with E-state index in [2.05, 4.69) is 26.6 Å². The zero-order valence-corrected chi connectivity index (χ0v) is 31.2. The van der Waals surface area contributed by atoms with Gasteiger partial charge in [0.1, 0.15) is 18.4 Å². The van der Waals surface area contributed by atoms with Crippen LogP contribution in [0.15, 0.2) is 0 Å². The van der Waals surface area contributed by atoms with Gasteiger partial charge >= 0.3 is 11.9 Å². The number of nitriles is 1. The first-order chi connectivity index (χ1) is 22.0. The molecule has 0 aliphatic heterocycles. The van der Waals surface area contributed by atoms with Crippen molar-refractivity contribution in [2.75, 3.05) is 63.0 Å².